The van der Waals surface area contributed by atoms with E-state index in [-0.39, 0.29) is 0 Å². The van der Waals surface area contributed by atoms with E-state index < -0.39 is 5.54 Å². The molecule has 106 valence electrons. The first-order valence-electron chi connectivity index (χ1n) is 6.92. The van der Waals surface area contributed by atoms with E-state index in [1.165, 1.54) is 11.1 Å². The second kappa shape index (κ2) is 4.90. The van der Waals surface area contributed by atoms with Gasteiger partial charge in [-0.25, -0.2) is 0 Å². The Bertz CT molecular complexity index is 623. The summed E-state index contributed by atoms with van der Waals surface area (Å²) in [5.41, 5.74) is 8.52. The van der Waals surface area contributed by atoms with E-state index in [9.17, 15) is 0 Å². The molecule has 2 aromatic rings. The maximum atomic E-state index is 6.53. The summed E-state index contributed by atoms with van der Waals surface area (Å²) in [6.07, 6.45) is 3.19. The van der Waals surface area contributed by atoms with Crippen LogP contribution < -0.4 is 10.5 Å². The maximum absolute atomic E-state index is 6.53. The lowest BCUT2D eigenvalue weighted by atomic mass is 9.78. The Morgan fingerprint density at radius 2 is 2.25 bits per heavy atom. The van der Waals surface area contributed by atoms with Crippen LogP contribution in [0.3, 0.4) is 0 Å². The third kappa shape index (κ3) is 2.18. The summed E-state index contributed by atoms with van der Waals surface area (Å²) in [6, 6.07) is 6.16. The minimum Gasteiger partial charge on any atom is -0.497 e. The number of nitrogens with zero attached hydrogens (tertiary/aromatic N) is 2. The van der Waals surface area contributed by atoms with Crippen LogP contribution in [0.2, 0.25) is 0 Å². The largest absolute Gasteiger partial charge is 0.497 e. The summed E-state index contributed by atoms with van der Waals surface area (Å²) < 4.78 is 10.5. The molecule has 5 nitrogen and oxygen atoms in total. The number of aromatic nitrogens is 2. The smallest absolute Gasteiger partial charge is 0.226 e. The third-order valence-corrected chi connectivity index (χ3v) is 3.98. The first-order valence-corrected chi connectivity index (χ1v) is 6.92. The molecule has 0 amide bonds. The van der Waals surface area contributed by atoms with Gasteiger partial charge in [0.15, 0.2) is 5.82 Å². The van der Waals surface area contributed by atoms with Crippen molar-refractivity contribution in [3.8, 4) is 5.75 Å². The second-order valence-electron chi connectivity index (χ2n) is 5.33. The fraction of sp³-hybridized carbons (Fsp3) is 0.467. The third-order valence-electron chi connectivity index (χ3n) is 3.98. The highest BCUT2D eigenvalue weighted by atomic mass is 16.5. The van der Waals surface area contributed by atoms with E-state index in [0.29, 0.717) is 18.1 Å². The molecule has 5 heteroatoms. The molecule has 2 N–H and O–H groups in total. The zero-order valence-electron chi connectivity index (χ0n) is 11.8. The molecule has 3 rings (SSSR count). The molecule has 1 heterocycles. The molecule has 0 saturated carbocycles. The summed E-state index contributed by atoms with van der Waals surface area (Å²) in [5.74, 6) is 2.11. The molecular weight excluding hydrogens is 254 g/mol. The van der Waals surface area contributed by atoms with Crippen molar-refractivity contribution in [1.82, 2.24) is 10.1 Å². The van der Waals surface area contributed by atoms with Crippen molar-refractivity contribution in [3.63, 3.8) is 0 Å². The monoisotopic (exact) mass is 273 g/mol. The van der Waals surface area contributed by atoms with Gasteiger partial charge in [0.05, 0.1) is 12.6 Å². The first kappa shape index (κ1) is 13.1. The molecular formula is C15H19N3O2. The lowest BCUT2D eigenvalue weighted by Crippen LogP contribution is -2.43. The van der Waals surface area contributed by atoms with E-state index in [0.717, 1.165) is 25.0 Å². The van der Waals surface area contributed by atoms with Gasteiger partial charge in [-0.05, 0) is 42.5 Å². The molecule has 0 aliphatic heterocycles. The molecule has 0 radical (unpaired) electrons. The number of hydrogen-bond donors (Lipinski definition) is 1. The Morgan fingerprint density at radius 1 is 1.40 bits per heavy atom. The van der Waals surface area contributed by atoms with Crippen LogP contribution in [0.5, 0.6) is 5.75 Å². The van der Waals surface area contributed by atoms with Gasteiger partial charge in [-0.3, -0.25) is 0 Å². The van der Waals surface area contributed by atoms with Crippen molar-refractivity contribution in [2.75, 3.05) is 7.11 Å². The van der Waals surface area contributed by atoms with Crippen LogP contribution in [0.25, 0.3) is 0 Å². The summed E-state index contributed by atoms with van der Waals surface area (Å²) in [4.78, 5) is 4.41. The van der Waals surface area contributed by atoms with Gasteiger partial charge in [0.1, 0.15) is 5.75 Å². The Morgan fingerprint density at radius 3 is 2.95 bits per heavy atom. The summed E-state index contributed by atoms with van der Waals surface area (Å²) in [7, 11) is 1.67. The molecule has 0 saturated heterocycles. The lowest BCUT2D eigenvalue weighted by molar-refractivity contribution is 0.325. The summed E-state index contributed by atoms with van der Waals surface area (Å²) >= 11 is 0. The van der Waals surface area contributed by atoms with Gasteiger partial charge in [-0.1, -0.05) is 18.1 Å². The molecule has 1 aromatic carbocycles. The topological polar surface area (TPSA) is 74.2 Å². The average molecular weight is 273 g/mol. The Hall–Kier alpha value is -1.88. The fourth-order valence-electron chi connectivity index (χ4n) is 2.72. The van der Waals surface area contributed by atoms with Crippen LogP contribution in [0.15, 0.2) is 22.7 Å². The van der Waals surface area contributed by atoms with Crippen LogP contribution in [0, 0.1) is 0 Å². The summed E-state index contributed by atoms with van der Waals surface area (Å²) in [5, 5.41) is 4.06. The molecule has 0 bridgehead atoms. The highest BCUT2D eigenvalue weighted by Gasteiger charge is 2.36. The first-order chi connectivity index (χ1) is 9.64. The van der Waals surface area contributed by atoms with Gasteiger partial charge >= 0.3 is 0 Å². The molecule has 20 heavy (non-hydrogen) atoms. The zero-order valence-corrected chi connectivity index (χ0v) is 11.8. The van der Waals surface area contributed by atoms with Crippen molar-refractivity contribution in [2.24, 2.45) is 5.73 Å². The number of ether oxygens (including phenoxy) is 1. The van der Waals surface area contributed by atoms with Gasteiger partial charge in [-0.2, -0.15) is 4.98 Å². The van der Waals surface area contributed by atoms with Crippen molar-refractivity contribution in [3.05, 3.63) is 41.0 Å². The number of rotatable bonds is 3. The van der Waals surface area contributed by atoms with E-state index in [4.69, 9.17) is 15.0 Å². The predicted octanol–water partition coefficient (Wildman–Crippen LogP) is 1.98. The van der Waals surface area contributed by atoms with Crippen LogP contribution in [-0.4, -0.2) is 17.3 Å². The minimum absolute atomic E-state index is 0.545. The normalized spacial score (nSPS) is 21.6. The summed E-state index contributed by atoms with van der Waals surface area (Å²) in [6.45, 7) is 1.99. The van der Waals surface area contributed by atoms with Gasteiger partial charge in [0, 0.05) is 6.42 Å². The molecule has 1 aliphatic carbocycles. The van der Waals surface area contributed by atoms with E-state index in [1.807, 2.05) is 13.0 Å². The van der Waals surface area contributed by atoms with Gasteiger partial charge in [-0.15, -0.1) is 0 Å². The number of nitrogens with two attached hydrogens (primary N) is 1. The molecule has 1 aliphatic rings. The standard InChI is InChI=1S/C15H19N3O2/c1-3-13-17-14(18-20-13)15(16)7-6-10-4-5-12(19-2)8-11(10)9-15/h4-5,8H,3,6-7,9,16H2,1-2H3. The second-order valence-corrected chi connectivity index (χ2v) is 5.33. The van der Waals surface area contributed by atoms with E-state index in [2.05, 4.69) is 22.3 Å². The number of benzene rings is 1. The molecule has 1 unspecified atom stereocenters. The van der Waals surface area contributed by atoms with Crippen molar-refractivity contribution >= 4 is 0 Å². The van der Waals surface area contributed by atoms with Crippen LogP contribution in [0.1, 0.15) is 36.2 Å². The van der Waals surface area contributed by atoms with Crippen molar-refractivity contribution < 1.29 is 9.26 Å². The van der Waals surface area contributed by atoms with Crippen LogP contribution in [0.4, 0.5) is 0 Å². The van der Waals surface area contributed by atoms with Gasteiger partial charge in [0.25, 0.3) is 0 Å². The molecule has 0 fully saturated rings. The molecule has 1 atom stereocenters. The Labute approximate surface area is 118 Å². The molecule has 0 spiro atoms. The Balaban J connectivity index is 1.93. The van der Waals surface area contributed by atoms with Gasteiger partial charge in [0.2, 0.25) is 5.89 Å². The number of aryl methyl sites for hydroxylation is 2. The Kier molecular flexibility index (Phi) is 3.22. The number of methoxy groups -OCH3 is 1. The van der Waals surface area contributed by atoms with Crippen molar-refractivity contribution in [1.29, 1.82) is 0 Å². The minimum atomic E-state index is -0.545. The quantitative estimate of drug-likeness (QED) is 0.925. The predicted molar refractivity (Wildman–Crippen MR) is 74.6 cm³/mol. The van der Waals surface area contributed by atoms with Crippen molar-refractivity contribution in [2.45, 2.75) is 38.1 Å². The number of hydrogen-bond acceptors (Lipinski definition) is 5. The molecule has 1 aromatic heterocycles. The van der Waals surface area contributed by atoms with Crippen LogP contribution >= 0.6 is 0 Å². The average Bonchev–Trinajstić information content (AvgIpc) is 2.96. The van der Waals surface area contributed by atoms with Gasteiger partial charge < -0.3 is 15.0 Å². The highest BCUT2D eigenvalue weighted by molar-refractivity contribution is 5.39. The van der Waals surface area contributed by atoms with Crippen LogP contribution in [-0.2, 0) is 24.8 Å². The zero-order chi connectivity index (χ0) is 14.2. The van der Waals surface area contributed by atoms with E-state index in [1.54, 1.807) is 7.11 Å². The van der Waals surface area contributed by atoms with E-state index >= 15 is 0 Å². The SMILES string of the molecule is CCc1nc(C2(N)CCc3ccc(OC)cc3C2)no1. The lowest BCUT2D eigenvalue weighted by Gasteiger charge is -2.32. The number of fused-ring (bicyclic) bond motifs is 1. The maximum Gasteiger partial charge on any atom is 0.226 e. The highest BCUT2D eigenvalue weighted by Crippen LogP contribution is 2.34. The fourth-order valence-corrected chi connectivity index (χ4v) is 2.72.